The fourth-order valence-electron chi connectivity index (χ4n) is 4.10. The lowest BCUT2D eigenvalue weighted by Crippen LogP contribution is -2.27. The summed E-state index contributed by atoms with van der Waals surface area (Å²) in [6.45, 7) is 0.115. The zero-order valence-corrected chi connectivity index (χ0v) is 18.1. The van der Waals surface area contributed by atoms with Crippen LogP contribution in [0.4, 0.5) is 18.9 Å². The van der Waals surface area contributed by atoms with Gasteiger partial charge in [-0.15, -0.1) is 13.2 Å². The standard InChI is InChI=1S/C25H19F3N2O5.2H2/c26-25(27,28)35-19-7-5-17(12-18(19)14-2-1-3-15(10-14)22(29)31)30-23(32)24(8-9-24)16-4-6-20-21(11-16)34-13-33-20;;/h1-7,10-12H,8-9,13H2,(H2,29,31)(H,30,32);2*1H. The molecule has 184 valence electrons. The van der Waals surface area contributed by atoms with Gasteiger partial charge >= 0.3 is 6.36 Å². The van der Waals surface area contributed by atoms with Gasteiger partial charge in [-0.2, -0.15) is 0 Å². The van der Waals surface area contributed by atoms with Gasteiger partial charge in [-0.3, -0.25) is 9.59 Å². The summed E-state index contributed by atoms with van der Waals surface area (Å²) in [6.07, 6.45) is -3.71. The van der Waals surface area contributed by atoms with Crippen molar-refractivity contribution in [1.82, 2.24) is 0 Å². The molecule has 3 aromatic rings. The van der Waals surface area contributed by atoms with Gasteiger partial charge in [0, 0.05) is 19.7 Å². The number of primary amides is 1. The molecule has 2 aliphatic rings. The molecule has 0 spiro atoms. The normalized spacial score (nSPS) is 15.4. The minimum atomic E-state index is -4.93. The van der Waals surface area contributed by atoms with Gasteiger partial charge in [0.15, 0.2) is 11.5 Å². The van der Waals surface area contributed by atoms with E-state index in [1.165, 1.54) is 36.4 Å². The van der Waals surface area contributed by atoms with E-state index in [0.717, 1.165) is 11.6 Å². The molecule has 10 heteroatoms. The third-order valence-corrected chi connectivity index (χ3v) is 6.03. The van der Waals surface area contributed by atoms with E-state index < -0.39 is 23.4 Å². The van der Waals surface area contributed by atoms with Gasteiger partial charge in [0.1, 0.15) is 5.75 Å². The molecule has 1 saturated carbocycles. The van der Waals surface area contributed by atoms with Gasteiger partial charge in [0.05, 0.1) is 5.41 Å². The van der Waals surface area contributed by atoms with Crippen molar-refractivity contribution in [3.05, 3.63) is 71.8 Å². The van der Waals surface area contributed by atoms with Gasteiger partial charge < -0.3 is 25.3 Å². The Labute approximate surface area is 200 Å². The number of hydrogen-bond donors (Lipinski definition) is 2. The molecular weight excluding hydrogens is 465 g/mol. The number of rotatable bonds is 6. The molecule has 1 aliphatic carbocycles. The molecule has 1 fully saturated rings. The van der Waals surface area contributed by atoms with Gasteiger partial charge in [-0.1, -0.05) is 18.2 Å². The van der Waals surface area contributed by atoms with Crippen molar-refractivity contribution in [1.29, 1.82) is 0 Å². The van der Waals surface area contributed by atoms with E-state index in [9.17, 15) is 22.8 Å². The first-order valence-corrected chi connectivity index (χ1v) is 10.7. The second-order valence-corrected chi connectivity index (χ2v) is 8.31. The molecule has 1 aliphatic heterocycles. The number of alkyl halides is 3. The Hall–Kier alpha value is -4.21. The molecule has 5 rings (SSSR count). The third kappa shape index (κ3) is 4.46. The SMILES string of the molecule is NC(=O)c1cccc(-c2cc(NC(=O)C3(c4ccc5c(c4)OCO5)CC3)ccc2OC(F)(F)F)c1.[HH].[HH]. The predicted molar refractivity (Wildman–Crippen MR) is 123 cm³/mol. The summed E-state index contributed by atoms with van der Waals surface area (Å²) in [7, 11) is 0. The van der Waals surface area contributed by atoms with Crippen LogP contribution in [-0.4, -0.2) is 25.0 Å². The van der Waals surface area contributed by atoms with Crippen molar-refractivity contribution in [3.63, 3.8) is 0 Å². The molecule has 3 N–H and O–H groups in total. The Bertz CT molecular complexity index is 1350. The molecular formula is C25H23F3N2O5. The Kier molecular flexibility index (Phi) is 5.31. The largest absolute Gasteiger partial charge is 0.573 e. The Morgan fingerprint density at radius 1 is 1.00 bits per heavy atom. The van der Waals surface area contributed by atoms with Gasteiger partial charge in [-0.25, -0.2) is 0 Å². The van der Waals surface area contributed by atoms with E-state index in [0.29, 0.717) is 24.3 Å². The Morgan fingerprint density at radius 3 is 2.49 bits per heavy atom. The number of nitrogens with two attached hydrogens (primary N) is 1. The number of ether oxygens (including phenoxy) is 3. The maximum Gasteiger partial charge on any atom is 0.573 e. The summed E-state index contributed by atoms with van der Waals surface area (Å²) < 4.78 is 54.0. The third-order valence-electron chi connectivity index (χ3n) is 6.03. The van der Waals surface area contributed by atoms with E-state index in [2.05, 4.69) is 10.1 Å². The van der Waals surface area contributed by atoms with E-state index in [1.54, 1.807) is 18.2 Å². The lowest BCUT2D eigenvalue weighted by atomic mass is 9.94. The summed E-state index contributed by atoms with van der Waals surface area (Å²) in [5.74, 6) is -0.333. The first kappa shape index (κ1) is 22.6. The summed E-state index contributed by atoms with van der Waals surface area (Å²) >= 11 is 0. The van der Waals surface area contributed by atoms with Gasteiger partial charge in [-0.05, 0) is 66.4 Å². The van der Waals surface area contributed by atoms with Crippen LogP contribution in [0.1, 0.15) is 31.6 Å². The van der Waals surface area contributed by atoms with E-state index in [1.807, 2.05) is 0 Å². The number of benzene rings is 3. The molecule has 0 saturated heterocycles. The molecule has 0 bridgehead atoms. The van der Waals surface area contributed by atoms with Crippen molar-refractivity contribution < 1.29 is 39.8 Å². The van der Waals surface area contributed by atoms with Gasteiger partial charge in [0.25, 0.3) is 0 Å². The van der Waals surface area contributed by atoms with Gasteiger partial charge in [0.2, 0.25) is 18.6 Å². The molecule has 0 aromatic heterocycles. The number of halogens is 3. The summed E-state index contributed by atoms with van der Waals surface area (Å²) in [5.41, 5.74) is 6.02. The smallest absolute Gasteiger partial charge is 0.454 e. The lowest BCUT2D eigenvalue weighted by molar-refractivity contribution is -0.274. The van der Waals surface area contributed by atoms with Crippen molar-refractivity contribution in [3.8, 4) is 28.4 Å². The van der Waals surface area contributed by atoms with Crippen LogP contribution in [-0.2, 0) is 10.2 Å². The topological polar surface area (TPSA) is 99.9 Å². The fourth-order valence-corrected chi connectivity index (χ4v) is 4.10. The van der Waals surface area contributed by atoms with Crippen LogP contribution in [0.5, 0.6) is 17.2 Å². The number of fused-ring (bicyclic) bond motifs is 1. The van der Waals surface area contributed by atoms with Crippen molar-refractivity contribution >= 4 is 17.5 Å². The number of anilines is 1. The minimum absolute atomic E-state index is 0. The van der Waals surface area contributed by atoms with Crippen LogP contribution in [0.15, 0.2) is 60.7 Å². The second-order valence-electron chi connectivity index (χ2n) is 8.31. The number of hydrogen-bond acceptors (Lipinski definition) is 5. The maximum atomic E-state index is 13.2. The second kappa shape index (κ2) is 8.23. The first-order chi connectivity index (χ1) is 16.6. The minimum Gasteiger partial charge on any atom is -0.454 e. The molecule has 1 heterocycles. The van der Waals surface area contributed by atoms with E-state index in [-0.39, 0.29) is 37.9 Å². The fraction of sp³-hybridized carbons (Fsp3) is 0.200. The summed E-state index contributed by atoms with van der Waals surface area (Å²) in [4.78, 5) is 24.8. The first-order valence-electron chi connectivity index (χ1n) is 10.7. The highest BCUT2D eigenvalue weighted by Gasteiger charge is 2.51. The quantitative estimate of drug-likeness (QED) is 0.494. The van der Waals surface area contributed by atoms with Crippen molar-refractivity contribution in [2.24, 2.45) is 5.73 Å². The van der Waals surface area contributed by atoms with Crippen molar-refractivity contribution in [2.75, 3.05) is 12.1 Å². The molecule has 3 aromatic carbocycles. The molecule has 35 heavy (non-hydrogen) atoms. The highest BCUT2D eigenvalue weighted by atomic mass is 19.4. The average Bonchev–Trinajstić information content (AvgIpc) is 3.50. The average molecular weight is 488 g/mol. The van der Waals surface area contributed by atoms with Crippen LogP contribution in [0.25, 0.3) is 11.1 Å². The van der Waals surface area contributed by atoms with Crippen LogP contribution in [0.3, 0.4) is 0 Å². The van der Waals surface area contributed by atoms with Crippen LogP contribution >= 0.6 is 0 Å². The van der Waals surface area contributed by atoms with Crippen LogP contribution < -0.4 is 25.3 Å². The molecule has 0 radical (unpaired) electrons. The van der Waals surface area contributed by atoms with Crippen LogP contribution in [0, 0.1) is 0 Å². The highest BCUT2D eigenvalue weighted by Crippen LogP contribution is 2.51. The molecule has 2 amide bonds. The zero-order valence-electron chi connectivity index (χ0n) is 18.1. The molecule has 0 atom stereocenters. The van der Waals surface area contributed by atoms with Crippen LogP contribution in [0.2, 0.25) is 0 Å². The lowest BCUT2D eigenvalue weighted by Gasteiger charge is -2.18. The predicted octanol–water partition coefficient (Wildman–Crippen LogP) is 5.24. The van der Waals surface area contributed by atoms with E-state index in [4.69, 9.17) is 15.2 Å². The number of carbonyl (C=O) groups is 2. The molecule has 0 unspecified atom stereocenters. The van der Waals surface area contributed by atoms with Crippen molar-refractivity contribution in [2.45, 2.75) is 24.6 Å². The number of nitrogens with one attached hydrogen (secondary N) is 1. The monoisotopic (exact) mass is 488 g/mol. The van der Waals surface area contributed by atoms with E-state index >= 15 is 0 Å². The molecule has 7 nitrogen and oxygen atoms in total. The Morgan fingerprint density at radius 2 is 1.77 bits per heavy atom. The summed E-state index contributed by atoms with van der Waals surface area (Å²) in [6, 6.07) is 15.0. The highest BCUT2D eigenvalue weighted by molar-refractivity contribution is 6.02. The zero-order chi connectivity index (χ0) is 24.8. The summed E-state index contributed by atoms with van der Waals surface area (Å²) in [5, 5.41) is 2.81. The number of carbonyl (C=O) groups excluding carboxylic acids is 2. The Balaban J connectivity index is 0.00000190. The maximum absolute atomic E-state index is 13.2. The number of amides is 2.